The number of hydrogen-bond donors (Lipinski definition) is 3. The summed E-state index contributed by atoms with van der Waals surface area (Å²) in [4.78, 5) is 22.8. The summed E-state index contributed by atoms with van der Waals surface area (Å²) in [7, 11) is 1.58. The number of rotatable bonds is 29. The molecule has 3 N–H and O–H groups in total. The SMILES string of the molecule is CC/C=C\C/C=C\C/C=C\C/C=C\CCCCCCC(=O)NC(COP(=O)(O)OCC[N+](C)(C)C)C(O)CCCCCCC. The fraction of sp³-hybridized carbons (Fsp3) is 0.743. The van der Waals surface area contributed by atoms with E-state index in [1.165, 1.54) is 0 Å². The fourth-order valence-electron chi connectivity index (χ4n) is 4.33. The van der Waals surface area contributed by atoms with Crippen molar-refractivity contribution in [3.05, 3.63) is 48.6 Å². The quantitative estimate of drug-likeness (QED) is 0.0329. The Balaban J connectivity index is 4.40. The number of amides is 1. The number of carbonyl (C=O) groups excluding carboxylic acids is 1. The van der Waals surface area contributed by atoms with Crippen molar-refractivity contribution < 1.29 is 32.9 Å². The van der Waals surface area contributed by atoms with Crippen molar-refractivity contribution in [2.45, 2.75) is 129 Å². The zero-order valence-electron chi connectivity index (χ0n) is 28.6. The summed E-state index contributed by atoms with van der Waals surface area (Å²) in [5.74, 6) is -0.179. The largest absolute Gasteiger partial charge is 0.472 e. The minimum absolute atomic E-state index is 0.0660. The number of carbonyl (C=O) groups is 1. The predicted molar refractivity (Wildman–Crippen MR) is 184 cm³/mol. The summed E-state index contributed by atoms with van der Waals surface area (Å²) in [6.45, 7) is 4.62. The lowest BCUT2D eigenvalue weighted by atomic mass is 10.0. The molecule has 0 fully saturated rings. The fourth-order valence-corrected chi connectivity index (χ4v) is 5.06. The molecule has 0 aliphatic rings. The Morgan fingerprint density at radius 3 is 1.98 bits per heavy atom. The van der Waals surface area contributed by atoms with Gasteiger partial charge in [-0.1, -0.05) is 107 Å². The molecule has 0 aliphatic heterocycles. The number of unbranched alkanes of at least 4 members (excludes halogenated alkanes) is 8. The first-order chi connectivity index (χ1) is 21.0. The van der Waals surface area contributed by atoms with Crippen LogP contribution in [0.5, 0.6) is 0 Å². The van der Waals surface area contributed by atoms with Crippen molar-refractivity contribution in [2.75, 3.05) is 40.9 Å². The van der Waals surface area contributed by atoms with Crippen LogP contribution in [0.4, 0.5) is 0 Å². The molecule has 0 aromatic rings. The Bertz CT molecular complexity index is 866. The number of aliphatic hydroxyl groups is 1. The summed E-state index contributed by atoms with van der Waals surface area (Å²) in [6.07, 6.45) is 31.7. The maximum Gasteiger partial charge on any atom is 0.472 e. The van der Waals surface area contributed by atoms with Gasteiger partial charge in [0, 0.05) is 6.42 Å². The van der Waals surface area contributed by atoms with Crippen LogP contribution in [0.2, 0.25) is 0 Å². The summed E-state index contributed by atoms with van der Waals surface area (Å²) >= 11 is 0. The van der Waals surface area contributed by atoms with Gasteiger partial charge in [-0.3, -0.25) is 13.8 Å². The Labute approximate surface area is 269 Å². The van der Waals surface area contributed by atoms with Gasteiger partial charge in [-0.2, -0.15) is 0 Å². The van der Waals surface area contributed by atoms with Crippen LogP contribution >= 0.6 is 7.82 Å². The van der Waals surface area contributed by atoms with Crippen LogP contribution in [0.15, 0.2) is 48.6 Å². The predicted octanol–water partition coefficient (Wildman–Crippen LogP) is 8.18. The number of aliphatic hydroxyl groups excluding tert-OH is 1. The molecule has 0 bridgehead atoms. The lowest BCUT2D eigenvalue weighted by Gasteiger charge is -2.26. The van der Waals surface area contributed by atoms with Gasteiger partial charge in [-0.25, -0.2) is 4.57 Å². The average Bonchev–Trinajstić information content (AvgIpc) is 2.95. The number of quaternary nitrogens is 1. The Morgan fingerprint density at radius 2 is 1.36 bits per heavy atom. The molecule has 0 aromatic carbocycles. The Kier molecular flexibility index (Phi) is 26.8. The van der Waals surface area contributed by atoms with Gasteiger partial charge >= 0.3 is 7.82 Å². The monoisotopic (exact) mass is 641 g/mol. The average molecular weight is 642 g/mol. The maximum absolute atomic E-state index is 12.7. The summed E-state index contributed by atoms with van der Waals surface area (Å²) < 4.78 is 23.3. The molecule has 256 valence electrons. The Hall–Kier alpha value is -1.54. The summed E-state index contributed by atoms with van der Waals surface area (Å²) in [5.41, 5.74) is 0. The standard InChI is InChI=1S/C35H65N2O6P/c1-6-8-10-12-13-14-15-16-17-18-19-20-21-22-23-25-27-29-35(39)36-33(34(38)28-26-24-11-9-7-2)32-43-44(40,41)42-31-30-37(3,4)5/h8,10,13-14,16-17,19-20,33-34,38H,6-7,9,11-12,15,18,21-32H2,1-5H3,(H-,36,39,40,41)/p+1/b10-8-,14-13-,17-16-,20-19-. The molecule has 3 atom stereocenters. The molecule has 0 rings (SSSR count). The van der Waals surface area contributed by atoms with Gasteiger partial charge in [0.2, 0.25) is 5.91 Å². The van der Waals surface area contributed by atoms with E-state index in [-0.39, 0.29) is 19.1 Å². The molecule has 3 unspecified atom stereocenters. The lowest BCUT2D eigenvalue weighted by molar-refractivity contribution is -0.870. The van der Waals surface area contributed by atoms with Crippen molar-refractivity contribution in [2.24, 2.45) is 0 Å². The highest BCUT2D eigenvalue weighted by Gasteiger charge is 2.28. The molecule has 0 heterocycles. The second kappa shape index (κ2) is 27.7. The minimum atomic E-state index is -4.30. The molecule has 0 radical (unpaired) electrons. The van der Waals surface area contributed by atoms with E-state index in [0.29, 0.717) is 23.9 Å². The van der Waals surface area contributed by atoms with Crippen molar-refractivity contribution in [1.82, 2.24) is 5.32 Å². The lowest BCUT2D eigenvalue weighted by Crippen LogP contribution is -2.46. The van der Waals surface area contributed by atoms with Crippen molar-refractivity contribution >= 4 is 13.7 Å². The van der Waals surface area contributed by atoms with E-state index in [1.54, 1.807) is 0 Å². The molecule has 0 aromatic heterocycles. The van der Waals surface area contributed by atoms with E-state index in [9.17, 15) is 19.4 Å². The number of phosphoric ester groups is 1. The highest BCUT2D eigenvalue weighted by atomic mass is 31.2. The molecule has 0 saturated carbocycles. The molecule has 8 nitrogen and oxygen atoms in total. The van der Waals surface area contributed by atoms with Gasteiger partial charge in [-0.05, 0) is 51.4 Å². The number of nitrogens with one attached hydrogen (secondary N) is 1. The van der Waals surface area contributed by atoms with Crippen molar-refractivity contribution in [3.63, 3.8) is 0 Å². The smallest absolute Gasteiger partial charge is 0.391 e. The van der Waals surface area contributed by atoms with Gasteiger partial charge in [0.15, 0.2) is 0 Å². The number of phosphoric acid groups is 1. The normalized spacial score (nSPS) is 15.5. The van der Waals surface area contributed by atoms with Gasteiger partial charge < -0.3 is 19.8 Å². The zero-order valence-corrected chi connectivity index (χ0v) is 29.5. The molecular formula is C35H66N2O6P+. The van der Waals surface area contributed by atoms with Gasteiger partial charge in [0.1, 0.15) is 13.2 Å². The first-order valence-electron chi connectivity index (χ1n) is 17.0. The van der Waals surface area contributed by atoms with Gasteiger partial charge in [-0.15, -0.1) is 0 Å². The number of allylic oxidation sites excluding steroid dienone is 8. The third-order valence-electron chi connectivity index (χ3n) is 7.09. The van der Waals surface area contributed by atoms with Crippen LogP contribution in [-0.2, 0) is 18.4 Å². The van der Waals surface area contributed by atoms with E-state index in [0.717, 1.165) is 89.9 Å². The third kappa shape index (κ3) is 29.2. The molecule has 0 spiro atoms. The highest BCUT2D eigenvalue weighted by molar-refractivity contribution is 7.47. The summed E-state index contributed by atoms with van der Waals surface area (Å²) in [6, 6.07) is -0.769. The Morgan fingerprint density at radius 1 is 0.795 bits per heavy atom. The molecule has 0 saturated heterocycles. The van der Waals surface area contributed by atoms with Gasteiger partial charge in [0.25, 0.3) is 0 Å². The molecule has 44 heavy (non-hydrogen) atoms. The van der Waals surface area contributed by atoms with Crippen molar-refractivity contribution in [1.29, 1.82) is 0 Å². The second-order valence-electron chi connectivity index (χ2n) is 12.5. The third-order valence-corrected chi connectivity index (χ3v) is 8.08. The highest BCUT2D eigenvalue weighted by Crippen LogP contribution is 2.43. The first kappa shape index (κ1) is 42.5. The second-order valence-corrected chi connectivity index (χ2v) is 14.0. The molecular weight excluding hydrogens is 575 g/mol. The molecule has 9 heteroatoms. The number of nitrogens with zero attached hydrogens (tertiary/aromatic N) is 1. The topological polar surface area (TPSA) is 105 Å². The minimum Gasteiger partial charge on any atom is -0.391 e. The molecule has 0 aliphatic carbocycles. The van der Waals surface area contributed by atoms with Crippen LogP contribution in [0.25, 0.3) is 0 Å². The number of likely N-dealkylation sites (N-methyl/N-ethyl adjacent to an activating group) is 1. The zero-order chi connectivity index (χ0) is 32.9. The number of hydrogen-bond acceptors (Lipinski definition) is 5. The molecule has 1 amide bonds. The van der Waals surface area contributed by atoms with Crippen LogP contribution in [0, 0.1) is 0 Å². The van der Waals surface area contributed by atoms with E-state index in [2.05, 4.69) is 67.8 Å². The maximum atomic E-state index is 12.7. The summed E-state index contributed by atoms with van der Waals surface area (Å²) in [5, 5.41) is 13.6. The van der Waals surface area contributed by atoms with Crippen LogP contribution in [0.1, 0.15) is 117 Å². The first-order valence-corrected chi connectivity index (χ1v) is 18.5. The van der Waals surface area contributed by atoms with Crippen LogP contribution in [0.3, 0.4) is 0 Å². The van der Waals surface area contributed by atoms with E-state index in [1.807, 2.05) is 21.1 Å². The van der Waals surface area contributed by atoms with Gasteiger partial charge in [0.05, 0.1) is 39.9 Å². The van der Waals surface area contributed by atoms with E-state index in [4.69, 9.17) is 9.05 Å². The van der Waals surface area contributed by atoms with Crippen molar-refractivity contribution in [3.8, 4) is 0 Å². The van der Waals surface area contributed by atoms with Crippen LogP contribution < -0.4 is 5.32 Å². The van der Waals surface area contributed by atoms with E-state index >= 15 is 0 Å². The van der Waals surface area contributed by atoms with E-state index < -0.39 is 20.0 Å². The van der Waals surface area contributed by atoms with Crippen LogP contribution in [-0.4, -0.2) is 73.4 Å².